The summed E-state index contributed by atoms with van der Waals surface area (Å²) in [4.78, 5) is 11.2. The van der Waals surface area contributed by atoms with Crippen LogP contribution in [0.25, 0.3) is 0 Å². The van der Waals surface area contributed by atoms with Gasteiger partial charge in [0.15, 0.2) is 0 Å². The first kappa shape index (κ1) is 8.53. The molecule has 3 heteroatoms. The maximum atomic E-state index is 11.2. The number of carbonyl (C=O) groups is 1. The second-order valence-electron chi connectivity index (χ2n) is 2.90. The monoisotopic (exact) mass is 156 g/mol. The van der Waals surface area contributed by atoms with Gasteiger partial charge < -0.3 is 10.6 Å². The summed E-state index contributed by atoms with van der Waals surface area (Å²) in [6.07, 6.45) is 3.25. The standard InChI is InChI=1S/C8H16N2O/c1-2-9-7-5-3-4-6-10-8(7)11/h7,9H,2-6H2,1H3,(H,10,11). The van der Waals surface area contributed by atoms with E-state index in [4.69, 9.17) is 0 Å². The molecular formula is C8H16N2O. The van der Waals surface area contributed by atoms with E-state index in [1.807, 2.05) is 6.92 Å². The van der Waals surface area contributed by atoms with Gasteiger partial charge in [-0.1, -0.05) is 6.92 Å². The summed E-state index contributed by atoms with van der Waals surface area (Å²) in [5.41, 5.74) is 0. The lowest BCUT2D eigenvalue weighted by Gasteiger charge is -2.12. The van der Waals surface area contributed by atoms with E-state index in [0.717, 1.165) is 32.4 Å². The second-order valence-corrected chi connectivity index (χ2v) is 2.90. The molecule has 1 saturated heterocycles. The van der Waals surface area contributed by atoms with Crippen molar-refractivity contribution >= 4 is 5.91 Å². The molecule has 0 saturated carbocycles. The van der Waals surface area contributed by atoms with Gasteiger partial charge in [0, 0.05) is 6.54 Å². The summed E-state index contributed by atoms with van der Waals surface area (Å²) in [7, 11) is 0. The molecule has 0 aromatic carbocycles. The van der Waals surface area contributed by atoms with Crippen LogP contribution in [0.2, 0.25) is 0 Å². The average molecular weight is 156 g/mol. The molecule has 1 aliphatic rings. The summed E-state index contributed by atoms with van der Waals surface area (Å²) in [5.74, 6) is 0.171. The zero-order chi connectivity index (χ0) is 8.10. The molecule has 0 aromatic rings. The zero-order valence-electron chi connectivity index (χ0n) is 7.02. The smallest absolute Gasteiger partial charge is 0.237 e. The number of likely N-dealkylation sites (N-methyl/N-ethyl adjacent to an activating group) is 1. The van der Waals surface area contributed by atoms with E-state index >= 15 is 0 Å². The topological polar surface area (TPSA) is 41.1 Å². The minimum Gasteiger partial charge on any atom is -0.355 e. The van der Waals surface area contributed by atoms with Gasteiger partial charge in [0.2, 0.25) is 5.91 Å². The predicted octanol–water partition coefficient (Wildman–Crippen LogP) is 0.265. The Morgan fingerprint density at radius 2 is 2.45 bits per heavy atom. The van der Waals surface area contributed by atoms with Crippen LogP contribution in [-0.4, -0.2) is 25.0 Å². The Morgan fingerprint density at radius 1 is 1.64 bits per heavy atom. The van der Waals surface area contributed by atoms with E-state index in [1.54, 1.807) is 0 Å². The number of amides is 1. The molecule has 1 amide bonds. The van der Waals surface area contributed by atoms with Crippen LogP contribution in [0.5, 0.6) is 0 Å². The van der Waals surface area contributed by atoms with Crippen molar-refractivity contribution in [1.29, 1.82) is 0 Å². The van der Waals surface area contributed by atoms with Crippen molar-refractivity contribution in [2.24, 2.45) is 0 Å². The molecule has 1 aliphatic heterocycles. The molecule has 1 rings (SSSR count). The van der Waals surface area contributed by atoms with Crippen LogP contribution in [0, 0.1) is 0 Å². The zero-order valence-corrected chi connectivity index (χ0v) is 7.02. The van der Waals surface area contributed by atoms with Gasteiger partial charge in [-0.3, -0.25) is 4.79 Å². The van der Waals surface area contributed by atoms with Crippen molar-refractivity contribution < 1.29 is 4.79 Å². The SMILES string of the molecule is CCNC1CCCCNC1=O. The van der Waals surface area contributed by atoms with E-state index in [0.29, 0.717) is 0 Å². The van der Waals surface area contributed by atoms with Gasteiger partial charge in [0.25, 0.3) is 0 Å². The van der Waals surface area contributed by atoms with Crippen molar-refractivity contribution in [3.8, 4) is 0 Å². The van der Waals surface area contributed by atoms with Crippen LogP contribution in [0.3, 0.4) is 0 Å². The Hall–Kier alpha value is -0.570. The van der Waals surface area contributed by atoms with Crippen molar-refractivity contribution in [2.45, 2.75) is 32.2 Å². The lowest BCUT2D eigenvalue weighted by atomic mass is 10.1. The molecule has 0 spiro atoms. The highest BCUT2D eigenvalue weighted by Crippen LogP contribution is 2.04. The maximum absolute atomic E-state index is 11.2. The maximum Gasteiger partial charge on any atom is 0.237 e. The van der Waals surface area contributed by atoms with Crippen molar-refractivity contribution in [1.82, 2.24) is 10.6 Å². The number of rotatable bonds is 2. The van der Waals surface area contributed by atoms with Crippen LogP contribution in [-0.2, 0) is 4.79 Å². The summed E-state index contributed by atoms with van der Waals surface area (Å²) in [6.45, 7) is 3.75. The van der Waals surface area contributed by atoms with E-state index in [2.05, 4.69) is 10.6 Å². The third-order valence-corrected chi connectivity index (χ3v) is 1.99. The van der Waals surface area contributed by atoms with Gasteiger partial charge in [-0.15, -0.1) is 0 Å². The molecule has 1 unspecified atom stereocenters. The quantitative estimate of drug-likeness (QED) is 0.602. The van der Waals surface area contributed by atoms with E-state index in [1.165, 1.54) is 0 Å². The molecule has 0 aromatic heterocycles. The highest BCUT2D eigenvalue weighted by molar-refractivity contribution is 5.81. The Morgan fingerprint density at radius 3 is 3.18 bits per heavy atom. The van der Waals surface area contributed by atoms with Crippen molar-refractivity contribution in [3.05, 3.63) is 0 Å². The largest absolute Gasteiger partial charge is 0.355 e. The lowest BCUT2D eigenvalue weighted by Crippen LogP contribution is -2.42. The first-order valence-electron chi connectivity index (χ1n) is 4.35. The fourth-order valence-corrected chi connectivity index (χ4v) is 1.38. The normalized spacial score (nSPS) is 25.9. The summed E-state index contributed by atoms with van der Waals surface area (Å²) in [6, 6.07) is 0.0579. The Labute approximate surface area is 67.5 Å². The van der Waals surface area contributed by atoms with Crippen LogP contribution in [0.15, 0.2) is 0 Å². The molecule has 0 bridgehead atoms. The third-order valence-electron chi connectivity index (χ3n) is 1.99. The second kappa shape index (κ2) is 4.34. The Kier molecular flexibility index (Phi) is 3.36. The van der Waals surface area contributed by atoms with Crippen LogP contribution in [0.1, 0.15) is 26.2 Å². The molecule has 0 aliphatic carbocycles. The van der Waals surface area contributed by atoms with Crippen LogP contribution >= 0.6 is 0 Å². The number of nitrogens with one attached hydrogen (secondary N) is 2. The van der Waals surface area contributed by atoms with Crippen LogP contribution < -0.4 is 10.6 Å². The minimum atomic E-state index is 0.0579. The van der Waals surface area contributed by atoms with Gasteiger partial charge in [0.1, 0.15) is 0 Å². The van der Waals surface area contributed by atoms with Crippen molar-refractivity contribution in [3.63, 3.8) is 0 Å². The molecule has 0 radical (unpaired) electrons. The fraction of sp³-hybridized carbons (Fsp3) is 0.875. The first-order chi connectivity index (χ1) is 5.34. The summed E-state index contributed by atoms with van der Waals surface area (Å²) in [5, 5.41) is 6.04. The van der Waals surface area contributed by atoms with Gasteiger partial charge >= 0.3 is 0 Å². The Bertz CT molecular complexity index is 136. The average Bonchev–Trinajstić information content (AvgIpc) is 2.18. The highest BCUT2D eigenvalue weighted by Gasteiger charge is 2.18. The summed E-state index contributed by atoms with van der Waals surface area (Å²) >= 11 is 0. The number of carbonyl (C=O) groups excluding carboxylic acids is 1. The third kappa shape index (κ3) is 2.50. The molecule has 64 valence electrons. The van der Waals surface area contributed by atoms with Gasteiger partial charge in [-0.2, -0.15) is 0 Å². The molecule has 2 N–H and O–H groups in total. The van der Waals surface area contributed by atoms with Crippen LogP contribution in [0.4, 0.5) is 0 Å². The number of hydrogen-bond donors (Lipinski definition) is 2. The van der Waals surface area contributed by atoms with Gasteiger partial charge in [0.05, 0.1) is 6.04 Å². The lowest BCUT2D eigenvalue weighted by molar-refractivity contribution is -0.122. The Balaban J connectivity index is 2.39. The van der Waals surface area contributed by atoms with Gasteiger partial charge in [-0.05, 0) is 25.8 Å². The van der Waals surface area contributed by atoms with E-state index in [9.17, 15) is 4.79 Å². The van der Waals surface area contributed by atoms with E-state index in [-0.39, 0.29) is 11.9 Å². The highest BCUT2D eigenvalue weighted by atomic mass is 16.2. The number of hydrogen-bond acceptors (Lipinski definition) is 2. The molecule has 1 fully saturated rings. The minimum absolute atomic E-state index is 0.0579. The van der Waals surface area contributed by atoms with Crippen molar-refractivity contribution in [2.75, 3.05) is 13.1 Å². The first-order valence-corrected chi connectivity index (χ1v) is 4.35. The molecular weight excluding hydrogens is 140 g/mol. The predicted molar refractivity (Wildman–Crippen MR) is 44.3 cm³/mol. The van der Waals surface area contributed by atoms with Gasteiger partial charge in [-0.25, -0.2) is 0 Å². The molecule has 1 heterocycles. The molecule has 3 nitrogen and oxygen atoms in total. The molecule has 11 heavy (non-hydrogen) atoms. The summed E-state index contributed by atoms with van der Waals surface area (Å²) < 4.78 is 0. The molecule has 1 atom stereocenters. The van der Waals surface area contributed by atoms with E-state index < -0.39 is 0 Å². The fourth-order valence-electron chi connectivity index (χ4n) is 1.38.